The van der Waals surface area contributed by atoms with Gasteiger partial charge in [0.25, 0.3) is 0 Å². The quantitative estimate of drug-likeness (QED) is 0.713. The SMILES string of the molecule is CCC(NC(=O)NCc1nccs1)C(=O)O. The van der Waals surface area contributed by atoms with Crippen LogP contribution in [0.2, 0.25) is 0 Å². The highest BCUT2D eigenvalue weighted by molar-refractivity contribution is 7.09. The van der Waals surface area contributed by atoms with E-state index in [4.69, 9.17) is 5.11 Å². The Kier molecular flexibility index (Phi) is 4.71. The number of nitrogens with one attached hydrogen (secondary N) is 2. The number of carboxylic acid groups (broad SMARTS) is 1. The lowest BCUT2D eigenvalue weighted by molar-refractivity contribution is -0.139. The summed E-state index contributed by atoms with van der Waals surface area (Å²) in [4.78, 5) is 25.9. The fourth-order valence-corrected chi connectivity index (χ4v) is 1.60. The summed E-state index contributed by atoms with van der Waals surface area (Å²) in [6.07, 6.45) is 1.99. The van der Waals surface area contributed by atoms with E-state index in [-0.39, 0.29) is 0 Å². The molecule has 16 heavy (non-hydrogen) atoms. The number of carbonyl (C=O) groups is 2. The summed E-state index contributed by atoms with van der Waals surface area (Å²) in [7, 11) is 0. The van der Waals surface area contributed by atoms with Crippen molar-refractivity contribution in [2.24, 2.45) is 0 Å². The van der Waals surface area contributed by atoms with Gasteiger partial charge in [0, 0.05) is 11.6 Å². The van der Waals surface area contributed by atoms with Crippen LogP contribution in [0.5, 0.6) is 0 Å². The van der Waals surface area contributed by atoms with Gasteiger partial charge in [-0.25, -0.2) is 14.6 Å². The van der Waals surface area contributed by atoms with Crippen LogP contribution < -0.4 is 10.6 Å². The maximum Gasteiger partial charge on any atom is 0.326 e. The second-order valence-electron chi connectivity index (χ2n) is 3.05. The van der Waals surface area contributed by atoms with E-state index in [1.165, 1.54) is 11.3 Å². The standard InChI is InChI=1S/C9H13N3O3S/c1-2-6(8(13)14)12-9(15)11-5-7-10-3-4-16-7/h3-4,6H,2,5H2,1H3,(H,13,14)(H2,11,12,15). The zero-order chi connectivity index (χ0) is 12.0. The fourth-order valence-electron chi connectivity index (χ4n) is 1.04. The van der Waals surface area contributed by atoms with E-state index in [9.17, 15) is 9.59 Å². The molecule has 1 aromatic rings. The van der Waals surface area contributed by atoms with E-state index < -0.39 is 18.0 Å². The maximum absolute atomic E-state index is 11.3. The van der Waals surface area contributed by atoms with Gasteiger partial charge < -0.3 is 15.7 Å². The molecule has 0 radical (unpaired) electrons. The molecule has 0 fully saturated rings. The van der Waals surface area contributed by atoms with Gasteiger partial charge in [-0.05, 0) is 6.42 Å². The first-order valence-corrected chi connectivity index (χ1v) is 5.67. The van der Waals surface area contributed by atoms with E-state index in [0.717, 1.165) is 5.01 Å². The Morgan fingerprint density at radius 1 is 1.62 bits per heavy atom. The fraction of sp³-hybridized carbons (Fsp3) is 0.444. The van der Waals surface area contributed by atoms with Crippen molar-refractivity contribution in [3.05, 3.63) is 16.6 Å². The molecule has 3 N–H and O–H groups in total. The minimum atomic E-state index is -1.04. The van der Waals surface area contributed by atoms with Crippen LogP contribution in [0.1, 0.15) is 18.4 Å². The van der Waals surface area contributed by atoms with Crippen molar-refractivity contribution in [3.8, 4) is 0 Å². The highest BCUT2D eigenvalue weighted by Gasteiger charge is 2.16. The highest BCUT2D eigenvalue weighted by atomic mass is 32.1. The summed E-state index contributed by atoms with van der Waals surface area (Å²) in [5, 5.41) is 16.2. The molecule has 1 heterocycles. The van der Waals surface area contributed by atoms with E-state index in [2.05, 4.69) is 15.6 Å². The molecule has 7 heteroatoms. The van der Waals surface area contributed by atoms with Gasteiger partial charge in [-0.15, -0.1) is 11.3 Å². The van der Waals surface area contributed by atoms with Crippen molar-refractivity contribution in [1.29, 1.82) is 0 Å². The number of amides is 2. The molecule has 0 spiro atoms. The van der Waals surface area contributed by atoms with Gasteiger partial charge in [-0.2, -0.15) is 0 Å². The lowest BCUT2D eigenvalue weighted by Crippen LogP contribution is -2.45. The number of aliphatic carboxylic acids is 1. The Bertz CT molecular complexity index is 353. The van der Waals surface area contributed by atoms with Gasteiger partial charge in [0.05, 0.1) is 6.54 Å². The maximum atomic E-state index is 11.3. The topological polar surface area (TPSA) is 91.3 Å². The number of rotatable bonds is 5. The van der Waals surface area contributed by atoms with E-state index in [0.29, 0.717) is 13.0 Å². The van der Waals surface area contributed by atoms with E-state index in [1.807, 2.05) is 0 Å². The smallest absolute Gasteiger partial charge is 0.326 e. The summed E-state index contributed by atoms with van der Waals surface area (Å²) in [5.41, 5.74) is 0. The van der Waals surface area contributed by atoms with Crippen molar-refractivity contribution in [2.75, 3.05) is 0 Å². The third-order valence-electron chi connectivity index (χ3n) is 1.90. The number of nitrogens with zero attached hydrogens (tertiary/aromatic N) is 1. The first-order chi connectivity index (χ1) is 7.63. The van der Waals surface area contributed by atoms with Crippen LogP contribution in [0, 0.1) is 0 Å². The molecule has 1 rings (SSSR count). The molecule has 0 aliphatic heterocycles. The zero-order valence-electron chi connectivity index (χ0n) is 8.77. The summed E-state index contributed by atoms with van der Waals surface area (Å²) in [6.45, 7) is 2.00. The number of aromatic nitrogens is 1. The zero-order valence-corrected chi connectivity index (χ0v) is 9.58. The van der Waals surface area contributed by atoms with E-state index >= 15 is 0 Å². The number of urea groups is 1. The third kappa shape index (κ3) is 3.85. The Morgan fingerprint density at radius 2 is 2.38 bits per heavy atom. The number of hydrogen-bond donors (Lipinski definition) is 3. The molecule has 0 aliphatic rings. The van der Waals surface area contributed by atoms with Crippen LogP contribution in [0.3, 0.4) is 0 Å². The van der Waals surface area contributed by atoms with Crippen LogP contribution in [-0.2, 0) is 11.3 Å². The Hall–Kier alpha value is -1.63. The van der Waals surface area contributed by atoms with Gasteiger partial charge in [0.1, 0.15) is 11.0 Å². The normalized spacial score (nSPS) is 11.8. The predicted octanol–water partition coefficient (Wildman–Crippen LogP) is 0.805. The Balaban J connectivity index is 2.33. The molecule has 1 aromatic heterocycles. The molecular weight excluding hydrogens is 230 g/mol. The molecule has 0 aliphatic carbocycles. The van der Waals surface area contributed by atoms with Gasteiger partial charge in [-0.3, -0.25) is 0 Å². The van der Waals surface area contributed by atoms with Crippen molar-refractivity contribution < 1.29 is 14.7 Å². The van der Waals surface area contributed by atoms with Crippen LogP contribution in [0.25, 0.3) is 0 Å². The molecule has 0 saturated carbocycles. The van der Waals surface area contributed by atoms with Crippen LogP contribution >= 0.6 is 11.3 Å². The summed E-state index contributed by atoms with van der Waals surface area (Å²) in [5.74, 6) is -1.04. The third-order valence-corrected chi connectivity index (χ3v) is 2.67. The van der Waals surface area contributed by atoms with Crippen molar-refractivity contribution in [3.63, 3.8) is 0 Å². The molecule has 2 amide bonds. The lowest BCUT2D eigenvalue weighted by atomic mass is 10.2. The Morgan fingerprint density at radius 3 is 2.88 bits per heavy atom. The first kappa shape index (κ1) is 12.4. The molecule has 1 unspecified atom stereocenters. The summed E-state index contributed by atoms with van der Waals surface area (Å²) >= 11 is 1.43. The molecule has 0 aromatic carbocycles. The minimum Gasteiger partial charge on any atom is -0.480 e. The van der Waals surface area contributed by atoms with Crippen LogP contribution in [0.15, 0.2) is 11.6 Å². The summed E-state index contributed by atoms with van der Waals surface area (Å²) < 4.78 is 0. The average molecular weight is 243 g/mol. The molecule has 6 nitrogen and oxygen atoms in total. The molecule has 0 saturated heterocycles. The van der Waals surface area contributed by atoms with E-state index in [1.54, 1.807) is 18.5 Å². The lowest BCUT2D eigenvalue weighted by Gasteiger charge is -2.12. The second-order valence-corrected chi connectivity index (χ2v) is 4.03. The molecular formula is C9H13N3O3S. The largest absolute Gasteiger partial charge is 0.480 e. The highest BCUT2D eigenvalue weighted by Crippen LogP contribution is 2.02. The van der Waals surface area contributed by atoms with Gasteiger partial charge in [0.2, 0.25) is 0 Å². The summed E-state index contributed by atoms with van der Waals surface area (Å²) in [6, 6.07) is -1.35. The average Bonchev–Trinajstić information content (AvgIpc) is 2.75. The molecule has 0 bridgehead atoms. The molecule has 88 valence electrons. The van der Waals surface area contributed by atoms with Crippen molar-refractivity contribution in [1.82, 2.24) is 15.6 Å². The monoisotopic (exact) mass is 243 g/mol. The minimum absolute atomic E-state index is 0.305. The Labute approximate surface area is 96.7 Å². The van der Waals surface area contributed by atoms with Crippen molar-refractivity contribution in [2.45, 2.75) is 25.9 Å². The number of thiazole rings is 1. The second kappa shape index (κ2) is 6.06. The van der Waals surface area contributed by atoms with Gasteiger partial charge >= 0.3 is 12.0 Å². The van der Waals surface area contributed by atoms with Crippen LogP contribution in [-0.4, -0.2) is 28.1 Å². The number of carbonyl (C=O) groups excluding carboxylic acids is 1. The number of hydrogen-bond acceptors (Lipinski definition) is 4. The van der Waals surface area contributed by atoms with Gasteiger partial charge in [-0.1, -0.05) is 6.92 Å². The first-order valence-electron chi connectivity index (χ1n) is 4.79. The van der Waals surface area contributed by atoms with Gasteiger partial charge in [0.15, 0.2) is 0 Å². The predicted molar refractivity (Wildman–Crippen MR) is 59.2 cm³/mol. The van der Waals surface area contributed by atoms with Crippen LogP contribution in [0.4, 0.5) is 4.79 Å². The van der Waals surface area contributed by atoms with Crippen molar-refractivity contribution >= 4 is 23.3 Å². The molecule has 1 atom stereocenters. The number of carboxylic acids is 1.